The molecule has 126 valence electrons. The van der Waals surface area contributed by atoms with Crippen molar-refractivity contribution in [2.24, 2.45) is 5.10 Å². The quantitative estimate of drug-likeness (QED) is 0.652. The molecule has 0 aliphatic heterocycles. The topological polar surface area (TPSA) is 50.7 Å². The van der Waals surface area contributed by atoms with Crippen LogP contribution in [0, 0.1) is 0 Å². The van der Waals surface area contributed by atoms with Crippen molar-refractivity contribution in [1.29, 1.82) is 0 Å². The van der Waals surface area contributed by atoms with E-state index in [4.69, 9.17) is 16.3 Å². The van der Waals surface area contributed by atoms with Crippen molar-refractivity contribution < 1.29 is 22.7 Å². The average molecular weight is 357 g/mol. The van der Waals surface area contributed by atoms with Gasteiger partial charge in [-0.15, -0.1) is 0 Å². The molecule has 0 bridgehead atoms. The van der Waals surface area contributed by atoms with E-state index >= 15 is 0 Å². The summed E-state index contributed by atoms with van der Waals surface area (Å²) in [6.45, 7) is -0.290. The van der Waals surface area contributed by atoms with E-state index < -0.39 is 17.6 Å². The highest BCUT2D eigenvalue weighted by molar-refractivity contribution is 6.30. The van der Waals surface area contributed by atoms with Crippen LogP contribution in [0.1, 0.15) is 11.1 Å². The first-order valence-corrected chi connectivity index (χ1v) is 7.10. The van der Waals surface area contributed by atoms with Gasteiger partial charge in [-0.1, -0.05) is 23.7 Å². The Hall–Kier alpha value is -2.54. The molecule has 0 spiro atoms. The highest BCUT2D eigenvalue weighted by atomic mass is 35.5. The minimum atomic E-state index is -4.43. The van der Waals surface area contributed by atoms with Crippen LogP contribution in [0.4, 0.5) is 13.2 Å². The number of nitrogens with zero attached hydrogens (tertiary/aromatic N) is 1. The molecule has 0 fully saturated rings. The maximum absolute atomic E-state index is 12.6. The van der Waals surface area contributed by atoms with Crippen molar-refractivity contribution in [2.45, 2.75) is 6.18 Å². The minimum absolute atomic E-state index is 0.212. The Morgan fingerprint density at radius 1 is 1.21 bits per heavy atom. The first-order valence-electron chi connectivity index (χ1n) is 6.72. The largest absolute Gasteiger partial charge is 0.484 e. The van der Waals surface area contributed by atoms with E-state index in [9.17, 15) is 18.0 Å². The monoisotopic (exact) mass is 356 g/mol. The number of hydrazone groups is 1. The van der Waals surface area contributed by atoms with E-state index in [1.165, 1.54) is 12.1 Å². The second-order valence-electron chi connectivity index (χ2n) is 4.66. The van der Waals surface area contributed by atoms with E-state index in [1.54, 1.807) is 24.3 Å². The van der Waals surface area contributed by atoms with E-state index in [-0.39, 0.29) is 12.2 Å². The summed E-state index contributed by atoms with van der Waals surface area (Å²) < 4.78 is 42.9. The van der Waals surface area contributed by atoms with Crippen molar-refractivity contribution in [1.82, 2.24) is 5.43 Å². The highest BCUT2D eigenvalue weighted by Crippen LogP contribution is 2.29. The fourth-order valence-electron chi connectivity index (χ4n) is 1.69. The summed E-state index contributed by atoms with van der Waals surface area (Å²) in [6, 6.07) is 11.0. The number of hydrogen-bond donors (Lipinski definition) is 1. The van der Waals surface area contributed by atoms with Gasteiger partial charge in [-0.05, 0) is 42.0 Å². The molecule has 2 aromatic rings. The molecule has 0 atom stereocenters. The van der Waals surface area contributed by atoms with Crippen molar-refractivity contribution in [2.75, 3.05) is 6.61 Å². The van der Waals surface area contributed by atoms with Gasteiger partial charge in [0.25, 0.3) is 5.91 Å². The Labute approximate surface area is 140 Å². The molecule has 0 aromatic heterocycles. The van der Waals surface area contributed by atoms with E-state index in [0.717, 1.165) is 18.3 Å². The van der Waals surface area contributed by atoms with Crippen LogP contribution in [-0.4, -0.2) is 18.7 Å². The zero-order chi connectivity index (χ0) is 17.6. The summed E-state index contributed by atoms with van der Waals surface area (Å²) in [4.78, 5) is 11.5. The number of ether oxygens (including phenoxy) is 1. The summed E-state index contributed by atoms with van der Waals surface area (Å²) >= 11 is 5.72. The lowest BCUT2D eigenvalue weighted by molar-refractivity contribution is -0.137. The normalized spacial score (nSPS) is 11.5. The van der Waals surface area contributed by atoms with Crippen LogP contribution < -0.4 is 10.2 Å². The van der Waals surface area contributed by atoms with Crippen LogP contribution >= 0.6 is 11.6 Å². The molecule has 0 radical (unpaired) electrons. The van der Waals surface area contributed by atoms with Crippen LogP contribution in [0.15, 0.2) is 53.6 Å². The second kappa shape index (κ2) is 7.83. The zero-order valence-corrected chi connectivity index (χ0v) is 12.9. The van der Waals surface area contributed by atoms with Crippen molar-refractivity contribution in [3.05, 3.63) is 64.7 Å². The van der Waals surface area contributed by atoms with Gasteiger partial charge in [0.1, 0.15) is 5.75 Å². The maximum Gasteiger partial charge on any atom is 0.416 e. The summed E-state index contributed by atoms with van der Waals surface area (Å²) in [7, 11) is 0. The SMILES string of the molecule is O=C(COc1ccc(Cl)cc1)N/N=C/c1cccc(C(F)(F)F)c1. The maximum atomic E-state index is 12.6. The molecule has 24 heavy (non-hydrogen) atoms. The molecule has 0 saturated carbocycles. The van der Waals surface area contributed by atoms with Gasteiger partial charge in [0.2, 0.25) is 0 Å². The van der Waals surface area contributed by atoms with Crippen LogP contribution in [0.2, 0.25) is 5.02 Å². The van der Waals surface area contributed by atoms with Gasteiger partial charge in [-0.2, -0.15) is 18.3 Å². The summed E-state index contributed by atoms with van der Waals surface area (Å²) in [6.07, 6.45) is -3.31. The number of nitrogens with one attached hydrogen (secondary N) is 1. The molecular weight excluding hydrogens is 345 g/mol. The fourth-order valence-corrected chi connectivity index (χ4v) is 1.81. The minimum Gasteiger partial charge on any atom is -0.484 e. The molecule has 0 unspecified atom stereocenters. The zero-order valence-electron chi connectivity index (χ0n) is 12.2. The lowest BCUT2D eigenvalue weighted by atomic mass is 10.1. The van der Waals surface area contributed by atoms with Crippen LogP contribution in [0.3, 0.4) is 0 Å². The van der Waals surface area contributed by atoms with Gasteiger partial charge in [0.05, 0.1) is 11.8 Å². The number of hydrogen-bond acceptors (Lipinski definition) is 3. The lowest BCUT2D eigenvalue weighted by Crippen LogP contribution is -2.24. The van der Waals surface area contributed by atoms with E-state index in [0.29, 0.717) is 10.8 Å². The van der Waals surface area contributed by atoms with Gasteiger partial charge >= 0.3 is 6.18 Å². The fraction of sp³-hybridized carbons (Fsp3) is 0.125. The van der Waals surface area contributed by atoms with Crippen LogP contribution in [0.25, 0.3) is 0 Å². The Balaban J connectivity index is 1.85. The van der Waals surface area contributed by atoms with Crippen molar-refractivity contribution in [3.63, 3.8) is 0 Å². The molecular formula is C16H12ClF3N2O2. The number of rotatable bonds is 5. The van der Waals surface area contributed by atoms with Gasteiger partial charge < -0.3 is 4.74 Å². The molecule has 8 heteroatoms. The number of alkyl halides is 3. The van der Waals surface area contributed by atoms with Crippen LogP contribution in [-0.2, 0) is 11.0 Å². The third-order valence-corrected chi connectivity index (χ3v) is 3.05. The average Bonchev–Trinajstić information content (AvgIpc) is 2.54. The summed E-state index contributed by atoms with van der Waals surface area (Å²) in [5.41, 5.74) is 1.59. The summed E-state index contributed by atoms with van der Waals surface area (Å²) in [5, 5.41) is 4.14. The number of carbonyl (C=O) groups is 1. The molecule has 1 N–H and O–H groups in total. The van der Waals surface area contributed by atoms with E-state index in [1.807, 2.05) is 0 Å². The van der Waals surface area contributed by atoms with Gasteiger partial charge in [-0.3, -0.25) is 4.79 Å². The molecule has 0 aliphatic rings. The first kappa shape index (κ1) is 17.8. The molecule has 2 aromatic carbocycles. The third-order valence-electron chi connectivity index (χ3n) is 2.80. The predicted molar refractivity (Wildman–Crippen MR) is 84.1 cm³/mol. The number of halogens is 4. The molecule has 1 amide bonds. The molecule has 0 heterocycles. The smallest absolute Gasteiger partial charge is 0.416 e. The lowest BCUT2D eigenvalue weighted by Gasteiger charge is -2.06. The molecule has 0 aliphatic carbocycles. The third kappa shape index (κ3) is 5.58. The number of carbonyl (C=O) groups excluding carboxylic acids is 1. The Bertz CT molecular complexity index is 731. The van der Waals surface area contributed by atoms with Gasteiger partial charge in [-0.25, -0.2) is 5.43 Å². The summed E-state index contributed by atoms with van der Waals surface area (Å²) in [5.74, 6) is -0.0930. The van der Waals surface area contributed by atoms with Crippen molar-refractivity contribution in [3.8, 4) is 5.75 Å². The van der Waals surface area contributed by atoms with E-state index in [2.05, 4.69) is 10.5 Å². The van der Waals surface area contributed by atoms with Gasteiger partial charge in [0.15, 0.2) is 6.61 Å². The number of amides is 1. The number of benzene rings is 2. The van der Waals surface area contributed by atoms with Gasteiger partial charge in [0, 0.05) is 5.02 Å². The predicted octanol–water partition coefficient (Wildman–Crippen LogP) is 3.89. The van der Waals surface area contributed by atoms with Crippen LogP contribution in [0.5, 0.6) is 5.75 Å². The second-order valence-corrected chi connectivity index (χ2v) is 5.10. The molecule has 0 saturated heterocycles. The first-order chi connectivity index (χ1) is 11.3. The highest BCUT2D eigenvalue weighted by Gasteiger charge is 2.30. The molecule has 4 nitrogen and oxygen atoms in total. The van der Waals surface area contributed by atoms with Crippen molar-refractivity contribution >= 4 is 23.7 Å². The standard InChI is InChI=1S/C16H12ClF3N2O2/c17-13-4-6-14(7-5-13)24-10-15(23)22-21-9-11-2-1-3-12(8-11)16(18,19)20/h1-9H,10H2,(H,22,23)/b21-9+. The Morgan fingerprint density at radius 2 is 1.92 bits per heavy atom. The molecule has 2 rings (SSSR count). The Kier molecular flexibility index (Phi) is 5.81. The Morgan fingerprint density at radius 3 is 2.58 bits per heavy atom.